The van der Waals surface area contributed by atoms with Crippen molar-refractivity contribution in [2.75, 3.05) is 26.2 Å². The van der Waals surface area contributed by atoms with E-state index in [9.17, 15) is 4.79 Å². The quantitative estimate of drug-likeness (QED) is 0.616. The van der Waals surface area contributed by atoms with Crippen LogP contribution in [0.2, 0.25) is 0 Å². The molecule has 1 unspecified atom stereocenters. The molecular formula is C28H30N2O2. The number of benzene rings is 3. The number of nitrogens with zero attached hydrogens (tertiary/aromatic N) is 2. The number of rotatable bonds is 4. The van der Waals surface area contributed by atoms with E-state index in [1.165, 1.54) is 22.3 Å². The zero-order chi connectivity index (χ0) is 21.9. The van der Waals surface area contributed by atoms with Gasteiger partial charge in [-0.05, 0) is 54.2 Å². The lowest BCUT2D eigenvalue weighted by Gasteiger charge is -2.40. The number of aryl methyl sites for hydroxylation is 2. The number of piperazine rings is 1. The molecule has 1 fully saturated rings. The van der Waals surface area contributed by atoms with Crippen LogP contribution in [-0.2, 0) is 17.6 Å². The third-order valence-electron chi connectivity index (χ3n) is 6.76. The molecule has 32 heavy (non-hydrogen) atoms. The lowest BCUT2D eigenvalue weighted by Crippen LogP contribution is -2.52. The van der Waals surface area contributed by atoms with Gasteiger partial charge in [-0.25, -0.2) is 0 Å². The van der Waals surface area contributed by atoms with Crippen molar-refractivity contribution in [3.8, 4) is 5.75 Å². The molecule has 5 rings (SSSR count). The van der Waals surface area contributed by atoms with Crippen LogP contribution >= 0.6 is 0 Å². The second-order valence-corrected chi connectivity index (χ2v) is 8.73. The summed E-state index contributed by atoms with van der Waals surface area (Å²) in [5, 5.41) is 0. The SMILES string of the molecule is CC(Oc1ccccc1)C(=O)N1CCN(C2c3ccccc3CCc3ccccc32)CC1. The number of ether oxygens (including phenoxy) is 1. The van der Waals surface area contributed by atoms with E-state index in [0.29, 0.717) is 0 Å². The Bertz CT molecular complexity index is 1030. The average Bonchev–Trinajstić information content (AvgIpc) is 3.01. The maximum atomic E-state index is 13.0. The van der Waals surface area contributed by atoms with Crippen molar-refractivity contribution in [1.29, 1.82) is 0 Å². The number of para-hydroxylation sites is 1. The maximum Gasteiger partial charge on any atom is 0.263 e. The molecule has 4 nitrogen and oxygen atoms in total. The standard InChI is InChI=1S/C28H30N2O2/c1-21(32-24-11-3-2-4-12-24)28(31)30-19-17-29(18-20-30)27-25-13-7-5-9-22(25)15-16-23-10-6-8-14-26(23)27/h2-14,21,27H,15-20H2,1H3. The van der Waals surface area contributed by atoms with Crippen LogP contribution in [-0.4, -0.2) is 48.0 Å². The first-order valence-electron chi connectivity index (χ1n) is 11.6. The first-order chi connectivity index (χ1) is 15.7. The Morgan fingerprint density at radius 2 is 1.31 bits per heavy atom. The van der Waals surface area contributed by atoms with Gasteiger partial charge in [0.2, 0.25) is 0 Å². The minimum Gasteiger partial charge on any atom is -0.481 e. The van der Waals surface area contributed by atoms with Gasteiger partial charge < -0.3 is 9.64 Å². The summed E-state index contributed by atoms with van der Waals surface area (Å²) in [6, 6.07) is 27.6. The number of amides is 1. The predicted molar refractivity (Wildman–Crippen MR) is 127 cm³/mol. The lowest BCUT2D eigenvalue weighted by atomic mass is 9.92. The van der Waals surface area contributed by atoms with Crippen molar-refractivity contribution in [3.63, 3.8) is 0 Å². The summed E-state index contributed by atoms with van der Waals surface area (Å²) in [5.74, 6) is 0.800. The van der Waals surface area contributed by atoms with Crippen LogP contribution in [0, 0.1) is 0 Å². The highest BCUT2D eigenvalue weighted by atomic mass is 16.5. The lowest BCUT2D eigenvalue weighted by molar-refractivity contribution is -0.140. The summed E-state index contributed by atoms with van der Waals surface area (Å²) in [4.78, 5) is 17.5. The van der Waals surface area contributed by atoms with Crippen LogP contribution < -0.4 is 4.74 Å². The van der Waals surface area contributed by atoms with Gasteiger partial charge in [0, 0.05) is 26.2 Å². The van der Waals surface area contributed by atoms with Crippen LogP contribution in [0.15, 0.2) is 78.9 Å². The third-order valence-corrected chi connectivity index (χ3v) is 6.76. The molecule has 1 aliphatic carbocycles. The highest BCUT2D eigenvalue weighted by Gasteiger charge is 2.33. The number of hydrogen-bond acceptors (Lipinski definition) is 3. The Kier molecular flexibility index (Phi) is 5.95. The van der Waals surface area contributed by atoms with E-state index in [4.69, 9.17) is 4.74 Å². The molecule has 0 saturated carbocycles. The second kappa shape index (κ2) is 9.17. The fourth-order valence-electron chi connectivity index (χ4n) is 5.10. The molecule has 0 radical (unpaired) electrons. The Morgan fingerprint density at radius 3 is 1.91 bits per heavy atom. The van der Waals surface area contributed by atoms with E-state index in [1.54, 1.807) is 0 Å². The van der Waals surface area contributed by atoms with Gasteiger partial charge in [0.05, 0.1) is 6.04 Å². The molecule has 4 heteroatoms. The number of carbonyl (C=O) groups excluding carboxylic acids is 1. The molecule has 0 N–H and O–H groups in total. The molecule has 1 atom stereocenters. The van der Waals surface area contributed by atoms with Gasteiger partial charge in [0.1, 0.15) is 5.75 Å². The number of hydrogen-bond donors (Lipinski definition) is 0. The Morgan fingerprint density at radius 1 is 0.781 bits per heavy atom. The molecule has 1 heterocycles. The molecule has 164 valence electrons. The number of carbonyl (C=O) groups is 1. The van der Waals surface area contributed by atoms with Crippen molar-refractivity contribution >= 4 is 5.91 Å². The molecule has 1 amide bonds. The summed E-state index contributed by atoms with van der Waals surface area (Å²) in [7, 11) is 0. The molecule has 3 aromatic carbocycles. The van der Waals surface area contributed by atoms with Crippen LogP contribution in [0.4, 0.5) is 0 Å². The van der Waals surface area contributed by atoms with E-state index in [2.05, 4.69) is 53.4 Å². The summed E-state index contributed by atoms with van der Waals surface area (Å²) in [5.41, 5.74) is 5.71. The van der Waals surface area contributed by atoms with Gasteiger partial charge >= 0.3 is 0 Å². The van der Waals surface area contributed by atoms with E-state index in [1.807, 2.05) is 42.2 Å². The molecule has 0 spiro atoms. The molecular weight excluding hydrogens is 396 g/mol. The maximum absolute atomic E-state index is 13.0. The summed E-state index contributed by atoms with van der Waals surface area (Å²) >= 11 is 0. The Balaban J connectivity index is 1.32. The smallest absolute Gasteiger partial charge is 0.263 e. The van der Waals surface area contributed by atoms with Gasteiger partial charge in [-0.15, -0.1) is 0 Å². The van der Waals surface area contributed by atoms with Crippen molar-refractivity contribution in [2.45, 2.75) is 31.9 Å². The molecule has 1 aliphatic heterocycles. The topological polar surface area (TPSA) is 32.8 Å². The minimum atomic E-state index is -0.483. The van der Waals surface area contributed by atoms with Crippen molar-refractivity contribution in [1.82, 2.24) is 9.80 Å². The fourth-order valence-corrected chi connectivity index (χ4v) is 5.10. The second-order valence-electron chi connectivity index (χ2n) is 8.73. The normalized spacial score (nSPS) is 17.7. The van der Waals surface area contributed by atoms with Crippen LogP contribution in [0.3, 0.4) is 0 Å². The monoisotopic (exact) mass is 426 g/mol. The van der Waals surface area contributed by atoms with Crippen molar-refractivity contribution < 1.29 is 9.53 Å². The first kappa shape index (κ1) is 20.8. The van der Waals surface area contributed by atoms with Gasteiger partial charge in [0.25, 0.3) is 5.91 Å². The fraction of sp³-hybridized carbons (Fsp3) is 0.321. The van der Waals surface area contributed by atoms with Crippen LogP contribution in [0.25, 0.3) is 0 Å². The molecule has 0 bridgehead atoms. The Hall–Kier alpha value is -3.11. The predicted octanol–water partition coefficient (Wildman–Crippen LogP) is 4.49. The van der Waals surface area contributed by atoms with Crippen LogP contribution in [0.5, 0.6) is 5.75 Å². The summed E-state index contributed by atoms with van der Waals surface area (Å²) in [6.45, 7) is 5.01. The summed E-state index contributed by atoms with van der Waals surface area (Å²) in [6.07, 6.45) is 1.68. The molecule has 3 aromatic rings. The Labute approximate surface area is 190 Å². The van der Waals surface area contributed by atoms with Crippen molar-refractivity contribution in [2.24, 2.45) is 0 Å². The highest BCUT2D eigenvalue weighted by Crippen LogP contribution is 2.37. The molecule has 2 aliphatic rings. The largest absolute Gasteiger partial charge is 0.481 e. The van der Waals surface area contributed by atoms with Crippen LogP contribution in [0.1, 0.15) is 35.2 Å². The average molecular weight is 427 g/mol. The minimum absolute atomic E-state index is 0.0650. The van der Waals surface area contributed by atoms with Crippen molar-refractivity contribution in [3.05, 3.63) is 101 Å². The zero-order valence-corrected chi connectivity index (χ0v) is 18.6. The van der Waals surface area contributed by atoms with E-state index in [0.717, 1.165) is 44.8 Å². The summed E-state index contributed by atoms with van der Waals surface area (Å²) < 4.78 is 5.88. The van der Waals surface area contributed by atoms with Gasteiger partial charge in [-0.1, -0.05) is 66.7 Å². The molecule has 1 saturated heterocycles. The third kappa shape index (κ3) is 4.15. The first-order valence-corrected chi connectivity index (χ1v) is 11.6. The zero-order valence-electron chi connectivity index (χ0n) is 18.6. The number of fused-ring (bicyclic) bond motifs is 2. The van der Waals surface area contributed by atoms with E-state index >= 15 is 0 Å². The van der Waals surface area contributed by atoms with Gasteiger partial charge in [0.15, 0.2) is 6.10 Å². The molecule has 0 aromatic heterocycles. The van der Waals surface area contributed by atoms with E-state index in [-0.39, 0.29) is 11.9 Å². The highest BCUT2D eigenvalue weighted by molar-refractivity contribution is 5.81. The van der Waals surface area contributed by atoms with Gasteiger partial charge in [-0.2, -0.15) is 0 Å². The van der Waals surface area contributed by atoms with Gasteiger partial charge in [-0.3, -0.25) is 9.69 Å². The van der Waals surface area contributed by atoms with E-state index < -0.39 is 6.10 Å².